The number of nitrogens with one attached hydrogen (secondary N) is 2. The van der Waals surface area contributed by atoms with Crippen molar-refractivity contribution < 1.29 is 22.8 Å². The zero-order chi connectivity index (χ0) is 26.3. The van der Waals surface area contributed by atoms with Gasteiger partial charge in [-0.25, -0.2) is 0 Å². The van der Waals surface area contributed by atoms with Crippen LogP contribution in [-0.2, 0) is 15.8 Å². The van der Waals surface area contributed by atoms with E-state index in [4.69, 9.17) is 0 Å². The number of aromatic nitrogens is 2. The van der Waals surface area contributed by atoms with E-state index in [0.29, 0.717) is 23.2 Å². The second-order valence-corrected chi connectivity index (χ2v) is 15.5. The van der Waals surface area contributed by atoms with E-state index in [0.717, 1.165) is 31.4 Å². The number of likely N-dealkylation sites (tertiary alicyclic amines) is 1. The molecule has 0 bridgehead atoms. The Hall–Kier alpha value is -2.35. The fourth-order valence-corrected chi connectivity index (χ4v) is 8.84. The summed E-state index contributed by atoms with van der Waals surface area (Å²) in [6, 6.07) is 2.52. The SMILES string of the molecule is CC(=O)N[C@@H]1C[C@H]([As]C(C)(C)C)CC[C@@H]1N1CC[C@H](Nc2ncnc3ccc(C(F)(F)F)cc23)C1=O. The zero-order valence-corrected chi connectivity index (χ0v) is 22.8. The Morgan fingerprint density at radius 1 is 1.14 bits per heavy atom. The third-order valence-corrected chi connectivity index (χ3v) is 10.0. The molecule has 1 aromatic carbocycles. The molecular weight excluding hydrogens is 534 g/mol. The van der Waals surface area contributed by atoms with Crippen molar-refractivity contribution in [3.63, 3.8) is 0 Å². The molecule has 2 aromatic rings. The average Bonchev–Trinajstić information content (AvgIpc) is 3.11. The fraction of sp³-hybridized carbons (Fsp3) is 0.600. The molecule has 0 spiro atoms. The predicted octanol–water partition coefficient (Wildman–Crippen LogP) is 4.43. The van der Waals surface area contributed by atoms with Gasteiger partial charge in [-0.15, -0.1) is 0 Å². The summed E-state index contributed by atoms with van der Waals surface area (Å²) in [5.41, 5.74) is -0.423. The van der Waals surface area contributed by atoms with Gasteiger partial charge in [0.2, 0.25) is 0 Å². The van der Waals surface area contributed by atoms with Gasteiger partial charge in [0, 0.05) is 0 Å². The Morgan fingerprint density at radius 2 is 1.89 bits per heavy atom. The first kappa shape index (κ1) is 26.7. The summed E-state index contributed by atoms with van der Waals surface area (Å²) in [4.78, 5) is 35.5. The summed E-state index contributed by atoms with van der Waals surface area (Å²) in [5.74, 6) is -0.00817. The Balaban J connectivity index is 1.51. The Labute approximate surface area is 215 Å². The molecule has 4 rings (SSSR count). The molecule has 1 saturated heterocycles. The number of alkyl halides is 3. The summed E-state index contributed by atoms with van der Waals surface area (Å²) >= 11 is 0.0956. The maximum absolute atomic E-state index is 13.4. The molecule has 2 amide bonds. The van der Waals surface area contributed by atoms with E-state index in [1.165, 1.54) is 19.3 Å². The Kier molecular flexibility index (Phi) is 7.56. The number of hydrogen-bond acceptors (Lipinski definition) is 5. The minimum absolute atomic E-state index is 0.0930. The summed E-state index contributed by atoms with van der Waals surface area (Å²) in [6.07, 6.45) is 0.000705. The van der Waals surface area contributed by atoms with Crippen LogP contribution in [-0.4, -0.2) is 67.1 Å². The first-order chi connectivity index (χ1) is 16.8. The van der Waals surface area contributed by atoms with Crippen molar-refractivity contribution in [2.24, 2.45) is 0 Å². The number of amides is 2. The number of benzene rings is 1. The minimum atomic E-state index is -4.49. The van der Waals surface area contributed by atoms with Crippen molar-refractivity contribution in [2.45, 2.75) is 86.6 Å². The summed E-state index contributed by atoms with van der Waals surface area (Å²) < 4.78 is 40.6. The number of rotatable bonds is 5. The van der Waals surface area contributed by atoms with Crippen LogP contribution >= 0.6 is 0 Å². The summed E-state index contributed by atoms with van der Waals surface area (Å²) in [5, 5.41) is 6.40. The third kappa shape index (κ3) is 6.13. The van der Waals surface area contributed by atoms with Gasteiger partial charge in [-0.3, -0.25) is 0 Å². The van der Waals surface area contributed by atoms with Crippen LogP contribution in [0.25, 0.3) is 10.9 Å². The monoisotopic (exact) mass is 566 g/mol. The third-order valence-electron chi connectivity index (χ3n) is 6.66. The van der Waals surface area contributed by atoms with Crippen molar-refractivity contribution >= 4 is 44.3 Å². The molecule has 1 saturated carbocycles. The van der Waals surface area contributed by atoms with Gasteiger partial charge in [-0.1, -0.05) is 0 Å². The second kappa shape index (κ2) is 10.2. The normalized spacial score (nSPS) is 25.6. The van der Waals surface area contributed by atoms with Crippen molar-refractivity contribution in [1.29, 1.82) is 0 Å². The molecule has 11 heteroatoms. The number of carbonyl (C=O) groups excluding carboxylic acids is 2. The van der Waals surface area contributed by atoms with E-state index in [9.17, 15) is 22.8 Å². The zero-order valence-electron chi connectivity index (χ0n) is 20.9. The van der Waals surface area contributed by atoms with E-state index in [2.05, 4.69) is 41.4 Å². The van der Waals surface area contributed by atoms with Crippen LogP contribution in [0.4, 0.5) is 19.0 Å². The quantitative estimate of drug-likeness (QED) is 0.524. The van der Waals surface area contributed by atoms with Gasteiger partial charge in [0.15, 0.2) is 0 Å². The number of fused-ring (bicyclic) bond motifs is 1. The molecule has 7 nitrogen and oxygen atoms in total. The first-order valence-corrected chi connectivity index (χ1v) is 14.2. The predicted molar refractivity (Wildman–Crippen MR) is 133 cm³/mol. The number of halogens is 3. The molecule has 1 radical (unpaired) electrons. The molecule has 4 atom stereocenters. The van der Waals surface area contributed by atoms with Crippen LogP contribution in [0.1, 0.15) is 58.9 Å². The van der Waals surface area contributed by atoms with Crippen molar-refractivity contribution in [1.82, 2.24) is 20.2 Å². The van der Waals surface area contributed by atoms with Crippen LogP contribution < -0.4 is 10.6 Å². The van der Waals surface area contributed by atoms with E-state index in [1.807, 2.05) is 4.90 Å². The molecule has 0 unspecified atom stereocenters. The molecule has 2 heterocycles. The van der Waals surface area contributed by atoms with Gasteiger partial charge in [0.05, 0.1) is 0 Å². The van der Waals surface area contributed by atoms with Gasteiger partial charge in [0.25, 0.3) is 0 Å². The summed E-state index contributed by atoms with van der Waals surface area (Å²) in [7, 11) is 0. The van der Waals surface area contributed by atoms with Crippen LogP contribution in [0.2, 0.25) is 8.91 Å². The maximum atomic E-state index is 13.4. The topological polar surface area (TPSA) is 87.2 Å². The molecule has 2 fully saturated rings. The molecule has 2 N–H and O–H groups in total. The van der Waals surface area contributed by atoms with Gasteiger partial charge in [-0.2, -0.15) is 13.2 Å². The van der Waals surface area contributed by atoms with Crippen LogP contribution in [0.15, 0.2) is 24.5 Å². The number of carbonyl (C=O) groups is 2. The molecule has 36 heavy (non-hydrogen) atoms. The van der Waals surface area contributed by atoms with Crippen LogP contribution in [0.3, 0.4) is 0 Å². The molecular formula is C25H32AsF3N5O2. The van der Waals surface area contributed by atoms with Crippen molar-refractivity contribution in [3.05, 3.63) is 30.1 Å². The van der Waals surface area contributed by atoms with Gasteiger partial charge >= 0.3 is 197 Å². The Morgan fingerprint density at radius 3 is 2.56 bits per heavy atom. The number of nitrogens with zero attached hydrogens (tertiary/aromatic N) is 3. The molecule has 1 aliphatic heterocycles. The average molecular weight is 566 g/mol. The van der Waals surface area contributed by atoms with Crippen molar-refractivity contribution in [3.8, 4) is 0 Å². The van der Waals surface area contributed by atoms with Crippen LogP contribution in [0, 0.1) is 0 Å². The van der Waals surface area contributed by atoms with E-state index in [-0.39, 0.29) is 55.1 Å². The van der Waals surface area contributed by atoms with Gasteiger partial charge in [0.1, 0.15) is 0 Å². The molecule has 1 aliphatic carbocycles. The van der Waals surface area contributed by atoms with E-state index < -0.39 is 17.8 Å². The second-order valence-electron chi connectivity index (χ2n) is 10.6. The number of anilines is 1. The van der Waals surface area contributed by atoms with Crippen molar-refractivity contribution in [2.75, 3.05) is 11.9 Å². The van der Waals surface area contributed by atoms with Crippen LogP contribution in [0.5, 0.6) is 0 Å². The fourth-order valence-electron chi connectivity index (χ4n) is 5.26. The molecule has 2 aliphatic rings. The Bertz CT molecular complexity index is 1140. The molecule has 1 aromatic heterocycles. The standard InChI is InChI=1S/C25H32AsF3N5O2/c1-14(35)32-20-12-16(26-24(2,3)4)6-8-21(20)34-10-9-19(23(34)36)33-22-17-11-15(25(27,28)29)5-7-18(17)30-13-31-22/h5,7,11,13,16,19-21H,6,8-10,12H2,1-4H3,(H,32,35)(H,30,31,33)/t16-,19+,20-,21+/m1/s1. The number of hydrogen-bond donors (Lipinski definition) is 2. The van der Waals surface area contributed by atoms with E-state index in [1.54, 1.807) is 0 Å². The molecule has 195 valence electrons. The first-order valence-electron chi connectivity index (χ1n) is 12.2. The summed E-state index contributed by atoms with van der Waals surface area (Å²) in [6.45, 7) is 8.78. The van der Waals surface area contributed by atoms with Gasteiger partial charge < -0.3 is 0 Å². The van der Waals surface area contributed by atoms with Gasteiger partial charge in [-0.05, 0) is 6.07 Å². The van der Waals surface area contributed by atoms with E-state index >= 15 is 0 Å².